The summed E-state index contributed by atoms with van der Waals surface area (Å²) < 4.78 is 27.7. The molecule has 0 unspecified atom stereocenters. The topological polar surface area (TPSA) is 130 Å². The highest BCUT2D eigenvalue weighted by atomic mass is 19.1. The van der Waals surface area contributed by atoms with Gasteiger partial charge in [0.05, 0.1) is 30.3 Å². The van der Waals surface area contributed by atoms with Crippen LogP contribution in [0.2, 0.25) is 0 Å². The highest BCUT2D eigenvalue weighted by Gasteiger charge is 2.29. The van der Waals surface area contributed by atoms with Gasteiger partial charge in [0.1, 0.15) is 29.6 Å². The van der Waals surface area contributed by atoms with Crippen molar-refractivity contribution in [3.05, 3.63) is 77.0 Å². The molecule has 2 aliphatic rings. The normalized spacial score (nSPS) is 17.9. The first-order chi connectivity index (χ1) is 20.4. The van der Waals surface area contributed by atoms with Crippen molar-refractivity contribution in [2.45, 2.75) is 38.6 Å². The van der Waals surface area contributed by atoms with E-state index in [2.05, 4.69) is 26.7 Å². The summed E-state index contributed by atoms with van der Waals surface area (Å²) in [5.74, 6) is 0.460. The van der Waals surface area contributed by atoms with Crippen LogP contribution in [0.5, 0.6) is 5.88 Å². The fourth-order valence-corrected chi connectivity index (χ4v) is 5.32. The summed E-state index contributed by atoms with van der Waals surface area (Å²) in [5.41, 5.74) is 1.84. The minimum atomic E-state index is -1.07. The average Bonchev–Trinajstić information content (AvgIpc) is 3.35. The highest BCUT2D eigenvalue weighted by molar-refractivity contribution is 5.88. The Morgan fingerprint density at radius 1 is 1.17 bits per heavy atom. The van der Waals surface area contributed by atoms with Crippen LogP contribution < -0.4 is 9.64 Å². The zero-order valence-electron chi connectivity index (χ0n) is 23.1. The molecule has 12 heteroatoms. The van der Waals surface area contributed by atoms with Crippen LogP contribution in [0, 0.1) is 17.1 Å². The molecule has 4 aromatic rings. The molecule has 6 rings (SSSR count). The van der Waals surface area contributed by atoms with E-state index in [0.717, 1.165) is 50.8 Å². The second-order valence-electron chi connectivity index (χ2n) is 10.4. The largest absolute Gasteiger partial charge is 0.477 e. The third-order valence-electron chi connectivity index (χ3n) is 7.85. The summed E-state index contributed by atoms with van der Waals surface area (Å²) in [5, 5.41) is 18.4. The number of carboxylic acid groups (broad SMARTS) is 1. The van der Waals surface area contributed by atoms with Crippen LogP contribution in [-0.4, -0.2) is 74.4 Å². The number of pyridine rings is 2. The van der Waals surface area contributed by atoms with Gasteiger partial charge in [-0.05, 0) is 43.7 Å². The van der Waals surface area contributed by atoms with Crippen LogP contribution in [0.4, 0.5) is 10.2 Å². The third-order valence-corrected chi connectivity index (χ3v) is 7.85. The maximum absolute atomic E-state index is 14.2. The molecule has 0 aliphatic carbocycles. The second kappa shape index (κ2) is 11.7. The van der Waals surface area contributed by atoms with Crippen LogP contribution in [-0.2, 0) is 17.9 Å². The van der Waals surface area contributed by atoms with E-state index in [1.165, 1.54) is 12.1 Å². The Hall–Kier alpha value is -4.60. The lowest BCUT2D eigenvalue weighted by Crippen LogP contribution is -2.48. The predicted molar refractivity (Wildman–Crippen MR) is 151 cm³/mol. The molecule has 5 heterocycles. The van der Waals surface area contributed by atoms with Crippen molar-refractivity contribution in [1.82, 2.24) is 24.4 Å². The van der Waals surface area contributed by atoms with Crippen molar-refractivity contribution >= 4 is 23.0 Å². The molecule has 42 heavy (non-hydrogen) atoms. The van der Waals surface area contributed by atoms with E-state index in [4.69, 9.17) is 19.7 Å². The summed E-state index contributed by atoms with van der Waals surface area (Å²) in [6, 6.07) is 14.9. The number of nitrogens with zero attached hydrogens (tertiary/aromatic N) is 7. The molecule has 2 aliphatic heterocycles. The summed E-state index contributed by atoms with van der Waals surface area (Å²) in [7, 11) is 0. The summed E-state index contributed by atoms with van der Waals surface area (Å²) in [6.07, 6.45) is 1.01. The SMILES string of the molecule is C[C@@H](c1nc2ccc(C(=O)O)nc2n1C[C@@H]1CCO1)N1CCN(c2cccc(OCc3ccc(C#N)cc3F)n2)CC1. The Bertz CT molecular complexity index is 1660. The molecule has 1 aromatic carbocycles. The Labute approximate surface area is 241 Å². The highest BCUT2D eigenvalue weighted by Crippen LogP contribution is 2.28. The van der Waals surface area contributed by atoms with Crippen LogP contribution in [0.3, 0.4) is 0 Å². The van der Waals surface area contributed by atoms with Crippen LogP contribution in [0.1, 0.15) is 46.8 Å². The van der Waals surface area contributed by atoms with E-state index in [1.54, 1.807) is 24.3 Å². The Kier molecular flexibility index (Phi) is 7.69. The van der Waals surface area contributed by atoms with Gasteiger partial charge in [-0.25, -0.2) is 19.2 Å². The van der Waals surface area contributed by atoms with E-state index >= 15 is 0 Å². The van der Waals surface area contributed by atoms with E-state index in [-0.39, 0.29) is 30.0 Å². The number of hydrogen-bond acceptors (Lipinski definition) is 9. The van der Waals surface area contributed by atoms with Gasteiger partial charge in [0.15, 0.2) is 11.3 Å². The van der Waals surface area contributed by atoms with Gasteiger partial charge in [-0.15, -0.1) is 0 Å². The number of aromatic nitrogens is 4. The van der Waals surface area contributed by atoms with Crippen molar-refractivity contribution in [3.8, 4) is 11.9 Å². The van der Waals surface area contributed by atoms with Gasteiger partial charge in [-0.3, -0.25) is 4.90 Å². The second-order valence-corrected chi connectivity index (χ2v) is 10.4. The van der Waals surface area contributed by atoms with E-state index in [0.29, 0.717) is 29.2 Å². The third kappa shape index (κ3) is 5.61. The molecule has 2 atom stereocenters. The fraction of sp³-hybridized carbons (Fsp3) is 0.367. The molecule has 2 fully saturated rings. The van der Waals surface area contributed by atoms with Crippen molar-refractivity contribution in [2.75, 3.05) is 37.7 Å². The maximum atomic E-state index is 14.2. The summed E-state index contributed by atoms with van der Waals surface area (Å²) in [4.78, 5) is 30.0. The van der Waals surface area contributed by atoms with Crippen molar-refractivity contribution < 1.29 is 23.8 Å². The number of nitriles is 1. The molecule has 0 spiro atoms. The zero-order chi connectivity index (χ0) is 29.2. The molecular weight excluding hydrogens is 541 g/mol. The van der Waals surface area contributed by atoms with Gasteiger partial charge < -0.3 is 24.0 Å². The number of aromatic carboxylic acids is 1. The first-order valence-electron chi connectivity index (χ1n) is 13.9. The van der Waals surface area contributed by atoms with Crippen molar-refractivity contribution in [3.63, 3.8) is 0 Å². The number of carboxylic acids is 1. The molecule has 11 nitrogen and oxygen atoms in total. The quantitative estimate of drug-likeness (QED) is 0.317. The first kappa shape index (κ1) is 27.6. The van der Waals surface area contributed by atoms with Crippen molar-refractivity contribution in [2.24, 2.45) is 0 Å². The molecule has 1 N–H and O–H groups in total. The average molecular weight is 572 g/mol. The lowest BCUT2D eigenvalue weighted by molar-refractivity contribution is -0.0594. The summed E-state index contributed by atoms with van der Waals surface area (Å²) in [6.45, 7) is 6.43. The monoisotopic (exact) mass is 571 g/mol. The van der Waals surface area contributed by atoms with Gasteiger partial charge in [0.2, 0.25) is 5.88 Å². The molecule has 3 aromatic heterocycles. The molecule has 216 valence electrons. The predicted octanol–water partition coefficient (Wildman–Crippen LogP) is 3.79. The van der Waals surface area contributed by atoms with Gasteiger partial charge in [0, 0.05) is 44.4 Å². The Balaban J connectivity index is 1.13. The summed E-state index contributed by atoms with van der Waals surface area (Å²) >= 11 is 0. The number of hydrogen-bond donors (Lipinski definition) is 1. The number of rotatable bonds is 9. The van der Waals surface area contributed by atoms with Gasteiger partial charge in [-0.2, -0.15) is 10.2 Å². The van der Waals surface area contributed by atoms with Gasteiger partial charge in [0.25, 0.3) is 0 Å². The Morgan fingerprint density at radius 2 is 1.98 bits per heavy atom. The van der Waals surface area contributed by atoms with Crippen LogP contribution in [0.25, 0.3) is 11.2 Å². The first-order valence-corrected chi connectivity index (χ1v) is 13.9. The molecule has 2 saturated heterocycles. The molecule has 0 bridgehead atoms. The molecular formula is C30H30FN7O4. The minimum absolute atomic E-state index is 0.00765. The molecule has 0 radical (unpaired) electrons. The fourth-order valence-electron chi connectivity index (χ4n) is 5.32. The number of halogens is 1. The number of piperazine rings is 1. The van der Waals surface area contributed by atoms with Gasteiger partial charge in [-0.1, -0.05) is 12.1 Å². The zero-order valence-corrected chi connectivity index (χ0v) is 23.1. The number of benzene rings is 1. The lowest BCUT2D eigenvalue weighted by Gasteiger charge is -2.38. The number of ether oxygens (including phenoxy) is 2. The van der Waals surface area contributed by atoms with E-state index < -0.39 is 11.8 Å². The Morgan fingerprint density at radius 3 is 2.67 bits per heavy atom. The van der Waals surface area contributed by atoms with E-state index in [1.807, 2.05) is 22.8 Å². The smallest absolute Gasteiger partial charge is 0.354 e. The van der Waals surface area contributed by atoms with Crippen molar-refractivity contribution in [1.29, 1.82) is 5.26 Å². The van der Waals surface area contributed by atoms with Crippen LogP contribution >= 0.6 is 0 Å². The lowest BCUT2D eigenvalue weighted by atomic mass is 10.1. The van der Waals surface area contributed by atoms with Gasteiger partial charge >= 0.3 is 5.97 Å². The van der Waals surface area contributed by atoms with E-state index in [9.17, 15) is 14.3 Å². The number of imidazole rings is 1. The number of fused-ring (bicyclic) bond motifs is 1. The number of carbonyl (C=O) groups is 1. The maximum Gasteiger partial charge on any atom is 0.354 e. The standard InChI is InChI=1S/C30H30FN7O4/c1-19(28-33-24-7-8-25(30(39)40)34-29(24)38(28)17-22-9-14-41-22)36-10-12-37(13-11-36)26-3-2-4-27(35-26)42-18-21-6-5-20(16-32)15-23(21)31/h2-8,15,19,22H,9-14,17-18H2,1H3,(H,39,40)/t19-,22-/m0/s1. The molecule has 0 saturated carbocycles. The molecule has 0 amide bonds. The number of anilines is 1. The minimum Gasteiger partial charge on any atom is -0.477 e. The van der Waals surface area contributed by atoms with Crippen LogP contribution in [0.15, 0.2) is 48.5 Å².